The molecule has 6 heteroatoms. The average molecular weight is 364 g/mol. The van der Waals surface area contributed by atoms with Crippen LogP contribution in [0.2, 0.25) is 0 Å². The van der Waals surface area contributed by atoms with Gasteiger partial charge in [0.25, 0.3) is 0 Å². The molecule has 5 atom stereocenters. The lowest BCUT2D eigenvalue weighted by atomic mass is 9.50. The molecule has 2 fully saturated rings. The van der Waals surface area contributed by atoms with E-state index < -0.39 is 22.8 Å². The van der Waals surface area contributed by atoms with Crippen molar-refractivity contribution in [2.75, 3.05) is 0 Å². The zero-order valence-corrected chi connectivity index (χ0v) is 16.1. The molecule has 0 bridgehead atoms. The van der Waals surface area contributed by atoms with Crippen LogP contribution in [0.25, 0.3) is 0 Å². The molecule has 2 saturated carbocycles. The quantitative estimate of drug-likeness (QED) is 0.577. The largest absolute Gasteiger partial charge is 0.459 e. The Bertz CT molecular complexity index is 722. The van der Waals surface area contributed by atoms with Crippen molar-refractivity contribution < 1.29 is 29.3 Å². The summed E-state index contributed by atoms with van der Waals surface area (Å²) < 4.78 is 10.9. The van der Waals surface area contributed by atoms with E-state index in [9.17, 15) is 19.8 Å². The first-order valence-electron chi connectivity index (χ1n) is 9.19. The number of aliphatic hydroxyl groups is 2. The van der Waals surface area contributed by atoms with E-state index in [1.54, 1.807) is 26.8 Å². The maximum Gasteiger partial charge on any atom is 0.336 e. The molecule has 6 nitrogen and oxygen atoms in total. The minimum atomic E-state index is -1.72. The third-order valence-electron chi connectivity index (χ3n) is 7.05. The van der Waals surface area contributed by atoms with E-state index in [0.717, 1.165) is 0 Å². The lowest BCUT2D eigenvalue weighted by Crippen LogP contribution is -2.64. The van der Waals surface area contributed by atoms with E-state index in [4.69, 9.17) is 9.47 Å². The van der Waals surface area contributed by atoms with Crippen LogP contribution in [0, 0.1) is 11.3 Å². The number of carbonyl (C=O) groups excluding carboxylic acids is 2. The molecule has 0 unspecified atom stereocenters. The molecule has 0 saturated heterocycles. The minimum Gasteiger partial charge on any atom is -0.459 e. The van der Waals surface area contributed by atoms with Crippen molar-refractivity contribution in [3.8, 4) is 0 Å². The number of fused-ring (bicyclic) bond motifs is 2. The molecule has 0 radical (unpaired) electrons. The molecular weight excluding hydrogens is 336 g/mol. The molecule has 144 valence electrons. The van der Waals surface area contributed by atoms with Gasteiger partial charge in [-0.2, -0.15) is 0 Å². The van der Waals surface area contributed by atoms with E-state index in [1.165, 1.54) is 0 Å². The van der Waals surface area contributed by atoms with Crippen molar-refractivity contribution in [1.29, 1.82) is 0 Å². The third-order valence-corrected chi connectivity index (χ3v) is 7.05. The fourth-order valence-corrected chi connectivity index (χ4v) is 4.76. The maximum absolute atomic E-state index is 12.2. The Hall–Kier alpha value is -1.66. The zero-order valence-electron chi connectivity index (χ0n) is 16.1. The van der Waals surface area contributed by atoms with Gasteiger partial charge in [0.1, 0.15) is 6.10 Å². The first kappa shape index (κ1) is 19.1. The van der Waals surface area contributed by atoms with Gasteiger partial charge in [0, 0.05) is 34.5 Å². The smallest absolute Gasteiger partial charge is 0.336 e. The minimum absolute atomic E-state index is 0.0478. The van der Waals surface area contributed by atoms with Gasteiger partial charge in [-0.15, -0.1) is 0 Å². The summed E-state index contributed by atoms with van der Waals surface area (Å²) in [4.78, 5) is 24.2. The van der Waals surface area contributed by atoms with Crippen LogP contribution >= 0.6 is 0 Å². The molecule has 2 aliphatic carbocycles. The van der Waals surface area contributed by atoms with Gasteiger partial charge in [0.2, 0.25) is 5.79 Å². The molecule has 0 aromatic rings. The van der Waals surface area contributed by atoms with Crippen LogP contribution < -0.4 is 0 Å². The molecular formula is C20H28O6. The summed E-state index contributed by atoms with van der Waals surface area (Å²) in [6.45, 7) is 9.05. The molecule has 0 spiro atoms. The number of carbonyl (C=O) groups is 2. The molecule has 0 aromatic carbocycles. The van der Waals surface area contributed by atoms with E-state index in [1.807, 2.05) is 13.8 Å². The number of rotatable bonds is 2. The van der Waals surface area contributed by atoms with Crippen LogP contribution in [0.15, 0.2) is 22.8 Å². The highest BCUT2D eigenvalue weighted by Crippen LogP contribution is 2.61. The highest BCUT2D eigenvalue weighted by Gasteiger charge is 2.66. The van der Waals surface area contributed by atoms with Crippen molar-refractivity contribution in [2.45, 2.75) is 77.8 Å². The molecule has 0 amide bonds. The second-order valence-electron chi connectivity index (χ2n) is 8.32. The summed E-state index contributed by atoms with van der Waals surface area (Å²) in [5.41, 5.74) is -0.343. The van der Waals surface area contributed by atoms with Gasteiger partial charge in [-0.05, 0) is 40.0 Å². The molecule has 1 heterocycles. The topological polar surface area (TPSA) is 93.1 Å². The van der Waals surface area contributed by atoms with E-state index in [2.05, 4.69) is 0 Å². The van der Waals surface area contributed by atoms with Crippen molar-refractivity contribution in [3.63, 3.8) is 0 Å². The van der Waals surface area contributed by atoms with Crippen LogP contribution in [0.1, 0.15) is 60.3 Å². The molecule has 3 aliphatic rings. The number of hydrogen-bond donors (Lipinski definition) is 2. The van der Waals surface area contributed by atoms with E-state index in [-0.39, 0.29) is 24.4 Å². The molecule has 26 heavy (non-hydrogen) atoms. The monoisotopic (exact) mass is 364 g/mol. The first-order chi connectivity index (χ1) is 12.0. The van der Waals surface area contributed by atoms with Gasteiger partial charge >= 0.3 is 11.9 Å². The predicted octanol–water partition coefficient (Wildman–Crippen LogP) is 2.39. The fraction of sp³-hybridized carbons (Fsp3) is 0.700. The maximum atomic E-state index is 12.2. The number of esters is 2. The standard InChI is InChI=1S/C20H28O6/c1-6-11(2)16(21)25-15-7-8-19(23)10-20(24)14(12(3)17(22)26-20)9-18(19,5)13(15)4/h6,13,15,23-24H,7-10H2,1-5H3/b11-6-/t13-,15-,18+,19-,20+/m0/s1. The van der Waals surface area contributed by atoms with Gasteiger partial charge in [-0.3, -0.25) is 0 Å². The van der Waals surface area contributed by atoms with Gasteiger partial charge in [-0.25, -0.2) is 9.59 Å². The van der Waals surface area contributed by atoms with E-state index >= 15 is 0 Å². The highest BCUT2D eigenvalue weighted by atomic mass is 16.7. The molecule has 2 N–H and O–H groups in total. The SMILES string of the molecule is C/C=C(/C)C(=O)O[C@H]1CC[C@]2(O)C[C@@]3(O)OC(=O)C(C)=C3C[C@]2(C)[C@H]1C. The third kappa shape index (κ3) is 2.54. The summed E-state index contributed by atoms with van der Waals surface area (Å²) in [7, 11) is 0. The van der Waals surface area contributed by atoms with Gasteiger partial charge < -0.3 is 19.7 Å². The Morgan fingerprint density at radius 3 is 2.65 bits per heavy atom. The Balaban J connectivity index is 1.92. The second kappa shape index (κ2) is 5.92. The molecule has 1 aliphatic heterocycles. The van der Waals surface area contributed by atoms with Gasteiger partial charge in [-0.1, -0.05) is 19.9 Å². The molecule has 3 rings (SSSR count). The highest BCUT2D eigenvalue weighted by molar-refractivity contribution is 5.92. The van der Waals surface area contributed by atoms with Crippen LogP contribution in [-0.2, 0) is 19.1 Å². The fourth-order valence-electron chi connectivity index (χ4n) is 4.76. The summed E-state index contributed by atoms with van der Waals surface area (Å²) in [5, 5.41) is 22.2. The van der Waals surface area contributed by atoms with Crippen LogP contribution in [0.4, 0.5) is 0 Å². The summed E-state index contributed by atoms with van der Waals surface area (Å²) >= 11 is 0. The van der Waals surface area contributed by atoms with Crippen molar-refractivity contribution in [2.24, 2.45) is 11.3 Å². The Kier molecular flexibility index (Phi) is 4.36. The predicted molar refractivity (Wildman–Crippen MR) is 93.7 cm³/mol. The van der Waals surface area contributed by atoms with Crippen LogP contribution in [0.3, 0.4) is 0 Å². The van der Waals surface area contributed by atoms with Crippen molar-refractivity contribution in [1.82, 2.24) is 0 Å². The molecule has 0 aromatic heterocycles. The summed E-state index contributed by atoms with van der Waals surface area (Å²) in [6.07, 6.45) is 2.53. The zero-order chi connectivity index (χ0) is 19.5. The Labute approximate surface area is 153 Å². The summed E-state index contributed by atoms with van der Waals surface area (Å²) in [5.74, 6) is -2.75. The van der Waals surface area contributed by atoms with Gasteiger partial charge in [0.05, 0.1) is 5.60 Å². The number of ether oxygens (including phenoxy) is 2. The first-order valence-corrected chi connectivity index (χ1v) is 9.19. The van der Waals surface area contributed by atoms with Gasteiger partial charge in [0.15, 0.2) is 0 Å². The van der Waals surface area contributed by atoms with E-state index in [0.29, 0.717) is 36.0 Å². The number of allylic oxidation sites excluding steroid dienone is 1. The average Bonchev–Trinajstić information content (AvgIpc) is 2.78. The van der Waals surface area contributed by atoms with Crippen LogP contribution in [0.5, 0.6) is 0 Å². The van der Waals surface area contributed by atoms with Crippen molar-refractivity contribution in [3.05, 3.63) is 22.8 Å². The summed E-state index contributed by atoms with van der Waals surface area (Å²) in [6, 6.07) is 0. The normalized spacial score (nSPS) is 42.9. The van der Waals surface area contributed by atoms with Crippen LogP contribution in [-0.4, -0.2) is 39.6 Å². The lowest BCUT2D eigenvalue weighted by molar-refractivity contribution is -0.259. The second-order valence-corrected chi connectivity index (χ2v) is 8.32. The number of hydrogen-bond acceptors (Lipinski definition) is 6. The van der Waals surface area contributed by atoms with Crippen molar-refractivity contribution >= 4 is 11.9 Å². The Morgan fingerprint density at radius 2 is 2.04 bits per heavy atom. The lowest BCUT2D eigenvalue weighted by Gasteiger charge is -2.59. The Morgan fingerprint density at radius 1 is 1.38 bits per heavy atom.